The number of amides is 2. The highest BCUT2D eigenvalue weighted by Crippen LogP contribution is 2.24. The van der Waals surface area contributed by atoms with Crippen molar-refractivity contribution >= 4 is 29.3 Å². The number of nitrogens with zero attached hydrogens (tertiary/aromatic N) is 1. The molecule has 0 spiro atoms. The van der Waals surface area contributed by atoms with Crippen LogP contribution in [0, 0.1) is 6.92 Å². The van der Waals surface area contributed by atoms with Gasteiger partial charge >= 0.3 is 0 Å². The summed E-state index contributed by atoms with van der Waals surface area (Å²) in [6.45, 7) is 3.90. The predicted molar refractivity (Wildman–Crippen MR) is 99.6 cm³/mol. The van der Waals surface area contributed by atoms with Gasteiger partial charge in [0, 0.05) is 30.2 Å². The van der Waals surface area contributed by atoms with E-state index in [4.69, 9.17) is 0 Å². The molecule has 2 aromatic rings. The summed E-state index contributed by atoms with van der Waals surface area (Å²) < 4.78 is 0. The van der Waals surface area contributed by atoms with Crippen LogP contribution in [0.3, 0.4) is 0 Å². The minimum absolute atomic E-state index is 0.0879. The molecule has 0 heterocycles. The van der Waals surface area contributed by atoms with E-state index in [1.165, 1.54) is 22.2 Å². The van der Waals surface area contributed by atoms with Gasteiger partial charge in [-0.1, -0.05) is 23.8 Å². The monoisotopic (exact) mass is 342 g/mol. The molecule has 0 aliphatic carbocycles. The van der Waals surface area contributed by atoms with Crippen molar-refractivity contribution in [3.8, 4) is 0 Å². The van der Waals surface area contributed by atoms with Crippen molar-refractivity contribution in [2.45, 2.75) is 24.0 Å². The van der Waals surface area contributed by atoms with Crippen LogP contribution >= 0.6 is 11.8 Å². The molecule has 126 valence electrons. The lowest BCUT2D eigenvalue weighted by Crippen LogP contribution is -2.24. The Morgan fingerprint density at radius 3 is 2.38 bits per heavy atom. The maximum atomic E-state index is 12.4. The SMILES string of the molecule is Cc1ccc(S[C@H](C)C(=O)Nc2cccc(C(=O)N(C)C)c2)cc1. The van der Waals surface area contributed by atoms with E-state index in [1.54, 1.807) is 38.4 Å². The van der Waals surface area contributed by atoms with Crippen molar-refractivity contribution < 1.29 is 9.59 Å². The number of rotatable bonds is 5. The fraction of sp³-hybridized carbons (Fsp3) is 0.263. The minimum atomic E-state index is -0.235. The largest absolute Gasteiger partial charge is 0.345 e. The molecule has 1 N–H and O–H groups in total. The Kier molecular flexibility index (Phi) is 6.04. The summed E-state index contributed by atoms with van der Waals surface area (Å²) in [4.78, 5) is 26.9. The molecule has 0 bridgehead atoms. The zero-order valence-electron chi connectivity index (χ0n) is 14.4. The van der Waals surface area contributed by atoms with Crippen LogP contribution in [-0.2, 0) is 4.79 Å². The van der Waals surface area contributed by atoms with E-state index in [0.717, 1.165) is 4.90 Å². The number of hydrogen-bond acceptors (Lipinski definition) is 3. The van der Waals surface area contributed by atoms with Crippen LogP contribution < -0.4 is 5.32 Å². The van der Waals surface area contributed by atoms with Crippen molar-refractivity contribution in [3.63, 3.8) is 0 Å². The summed E-state index contributed by atoms with van der Waals surface area (Å²) >= 11 is 1.51. The number of anilines is 1. The molecule has 0 saturated carbocycles. The van der Waals surface area contributed by atoms with Crippen LogP contribution in [0.5, 0.6) is 0 Å². The van der Waals surface area contributed by atoms with E-state index < -0.39 is 0 Å². The molecule has 2 rings (SSSR count). The van der Waals surface area contributed by atoms with Crippen molar-refractivity contribution in [3.05, 3.63) is 59.7 Å². The van der Waals surface area contributed by atoms with Gasteiger partial charge in [0.15, 0.2) is 0 Å². The highest BCUT2D eigenvalue weighted by molar-refractivity contribution is 8.00. The number of nitrogens with one attached hydrogen (secondary N) is 1. The van der Waals surface area contributed by atoms with Crippen LogP contribution in [0.1, 0.15) is 22.8 Å². The molecule has 5 heteroatoms. The van der Waals surface area contributed by atoms with E-state index in [9.17, 15) is 9.59 Å². The molecule has 1 atom stereocenters. The first-order valence-electron chi connectivity index (χ1n) is 7.72. The topological polar surface area (TPSA) is 49.4 Å². The van der Waals surface area contributed by atoms with Crippen LogP contribution in [0.25, 0.3) is 0 Å². The van der Waals surface area contributed by atoms with Gasteiger partial charge in [-0.15, -0.1) is 11.8 Å². The summed E-state index contributed by atoms with van der Waals surface area (Å²) in [6, 6.07) is 15.1. The summed E-state index contributed by atoms with van der Waals surface area (Å²) in [5, 5.41) is 2.64. The van der Waals surface area contributed by atoms with Crippen molar-refractivity contribution in [1.82, 2.24) is 4.90 Å². The summed E-state index contributed by atoms with van der Waals surface area (Å²) in [5.74, 6) is -0.178. The molecule has 0 aliphatic heterocycles. The average molecular weight is 342 g/mol. The Morgan fingerprint density at radius 1 is 1.08 bits per heavy atom. The molecule has 0 aliphatic rings. The molecule has 0 radical (unpaired) electrons. The quantitative estimate of drug-likeness (QED) is 0.841. The van der Waals surface area contributed by atoms with Gasteiger partial charge < -0.3 is 10.2 Å². The van der Waals surface area contributed by atoms with Gasteiger partial charge in [0.25, 0.3) is 5.91 Å². The fourth-order valence-electron chi connectivity index (χ4n) is 2.11. The lowest BCUT2D eigenvalue weighted by atomic mass is 10.2. The Morgan fingerprint density at radius 2 is 1.75 bits per heavy atom. The zero-order valence-corrected chi connectivity index (χ0v) is 15.2. The molecule has 4 nitrogen and oxygen atoms in total. The second kappa shape index (κ2) is 8.02. The second-order valence-electron chi connectivity index (χ2n) is 5.84. The standard InChI is InChI=1S/C19H22N2O2S/c1-13-8-10-17(11-9-13)24-14(2)18(22)20-16-7-5-6-15(12-16)19(23)21(3)4/h5-12,14H,1-4H3,(H,20,22)/t14-/m1/s1. The summed E-state index contributed by atoms with van der Waals surface area (Å²) in [6.07, 6.45) is 0. The van der Waals surface area contributed by atoms with Crippen LogP contribution in [0.4, 0.5) is 5.69 Å². The highest BCUT2D eigenvalue weighted by Gasteiger charge is 2.15. The van der Waals surface area contributed by atoms with E-state index >= 15 is 0 Å². The van der Waals surface area contributed by atoms with E-state index in [-0.39, 0.29) is 17.1 Å². The van der Waals surface area contributed by atoms with Gasteiger partial charge in [-0.2, -0.15) is 0 Å². The highest BCUT2D eigenvalue weighted by atomic mass is 32.2. The van der Waals surface area contributed by atoms with Gasteiger partial charge in [0.2, 0.25) is 5.91 Å². The average Bonchev–Trinajstić information content (AvgIpc) is 2.56. The smallest absolute Gasteiger partial charge is 0.253 e. The molecule has 0 fully saturated rings. The maximum Gasteiger partial charge on any atom is 0.253 e. The number of carbonyl (C=O) groups is 2. The first-order valence-corrected chi connectivity index (χ1v) is 8.60. The third kappa shape index (κ3) is 4.86. The molecular weight excluding hydrogens is 320 g/mol. The first kappa shape index (κ1) is 18.1. The predicted octanol–water partition coefficient (Wildman–Crippen LogP) is 3.82. The van der Waals surface area contributed by atoms with Gasteiger partial charge in [-0.05, 0) is 44.2 Å². The number of hydrogen-bond donors (Lipinski definition) is 1. The molecule has 2 amide bonds. The third-order valence-corrected chi connectivity index (χ3v) is 4.60. The normalized spacial score (nSPS) is 11.7. The van der Waals surface area contributed by atoms with Crippen molar-refractivity contribution in [1.29, 1.82) is 0 Å². The summed E-state index contributed by atoms with van der Waals surface area (Å²) in [7, 11) is 3.40. The maximum absolute atomic E-state index is 12.4. The lowest BCUT2D eigenvalue weighted by molar-refractivity contribution is -0.115. The number of aryl methyl sites for hydroxylation is 1. The molecule has 0 unspecified atom stereocenters. The summed E-state index contributed by atoms with van der Waals surface area (Å²) in [5.41, 5.74) is 2.37. The third-order valence-electron chi connectivity index (χ3n) is 3.49. The first-order chi connectivity index (χ1) is 11.4. The van der Waals surface area contributed by atoms with Crippen LogP contribution in [0.2, 0.25) is 0 Å². The van der Waals surface area contributed by atoms with Gasteiger partial charge in [0.1, 0.15) is 0 Å². The van der Waals surface area contributed by atoms with Crippen molar-refractivity contribution in [2.75, 3.05) is 19.4 Å². The zero-order chi connectivity index (χ0) is 17.7. The lowest BCUT2D eigenvalue weighted by Gasteiger charge is -2.14. The van der Waals surface area contributed by atoms with Gasteiger partial charge in [-0.25, -0.2) is 0 Å². The number of benzene rings is 2. The van der Waals surface area contributed by atoms with E-state index in [0.29, 0.717) is 11.3 Å². The fourth-order valence-corrected chi connectivity index (χ4v) is 2.97. The Hall–Kier alpha value is -2.27. The number of thioether (sulfide) groups is 1. The Balaban J connectivity index is 2.02. The van der Waals surface area contributed by atoms with E-state index in [1.807, 2.05) is 38.1 Å². The van der Waals surface area contributed by atoms with Crippen molar-refractivity contribution in [2.24, 2.45) is 0 Å². The van der Waals surface area contributed by atoms with Gasteiger partial charge in [-0.3, -0.25) is 9.59 Å². The van der Waals surface area contributed by atoms with Crippen LogP contribution in [0.15, 0.2) is 53.4 Å². The van der Waals surface area contributed by atoms with Crippen LogP contribution in [-0.4, -0.2) is 36.1 Å². The van der Waals surface area contributed by atoms with Gasteiger partial charge in [0.05, 0.1) is 5.25 Å². The Bertz CT molecular complexity index is 726. The number of carbonyl (C=O) groups excluding carboxylic acids is 2. The molecule has 2 aromatic carbocycles. The molecular formula is C19H22N2O2S. The second-order valence-corrected chi connectivity index (χ2v) is 7.26. The van der Waals surface area contributed by atoms with E-state index in [2.05, 4.69) is 5.32 Å². The molecule has 0 aromatic heterocycles. The molecule has 0 saturated heterocycles. The molecule has 24 heavy (non-hydrogen) atoms. The Labute approximate surface area is 147 Å². The minimum Gasteiger partial charge on any atom is -0.345 e.